The third kappa shape index (κ3) is 5.24. The van der Waals surface area contributed by atoms with E-state index in [2.05, 4.69) is 27.3 Å². The molecule has 3 aliphatic heterocycles. The largest absolute Gasteiger partial charge is 0.381 e. The highest BCUT2D eigenvalue weighted by Gasteiger charge is 2.42. The maximum absolute atomic E-state index is 13.2. The fraction of sp³-hybridized carbons (Fsp3) is 0.433. The molecule has 3 unspecified atom stereocenters. The molecule has 3 aliphatic rings. The summed E-state index contributed by atoms with van der Waals surface area (Å²) in [6, 6.07) is 22.0. The number of nitrogens with one attached hydrogen (secondary N) is 1. The van der Waals surface area contributed by atoms with Crippen LogP contribution in [0.25, 0.3) is 10.9 Å². The van der Waals surface area contributed by atoms with E-state index in [9.17, 15) is 9.59 Å². The number of ether oxygens (including phenoxy) is 1. The molecule has 0 spiro atoms. The average Bonchev–Trinajstić information content (AvgIpc) is 3.68. The van der Waals surface area contributed by atoms with Crippen molar-refractivity contribution in [2.75, 3.05) is 45.9 Å². The second-order valence-electron chi connectivity index (χ2n) is 10.7. The van der Waals surface area contributed by atoms with Crippen molar-refractivity contribution in [3.63, 3.8) is 0 Å². The second-order valence-corrected chi connectivity index (χ2v) is 10.7. The first kappa shape index (κ1) is 24.1. The third-order valence-electron chi connectivity index (χ3n) is 8.22. The Labute approximate surface area is 217 Å². The van der Waals surface area contributed by atoms with Gasteiger partial charge >= 0.3 is 0 Å². The van der Waals surface area contributed by atoms with Crippen molar-refractivity contribution >= 4 is 22.7 Å². The summed E-state index contributed by atoms with van der Waals surface area (Å²) in [5, 5.41) is 4.35. The van der Waals surface area contributed by atoms with Gasteiger partial charge in [-0.25, -0.2) is 4.98 Å². The quantitative estimate of drug-likeness (QED) is 0.540. The van der Waals surface area contributed by atoms with Crippen molar-refractivity contribution in [2.24, 2.45) is 17.8 Å². The maximum atomic E-state index is 13.2. The van der Waals surface area contributed by atoms with E-state index in [1.165, 1.54) is 0 Å². The summed E-state index contributed by atoms with van der Waals surface area (Å²) >= 11 is 0. The number of hydrogen-bond donors (Lipinski definition) is 1. The Bertz CT molecular complexity index is 1250. The molecule has 6 rings (SSSR count). The molecule has 1 N–H and O–H groups in total. The van der Waals surface area contributed by atoms with Crippen molar-refractivity contribution in [3.05, 3.63) is 78.0 Å². The summed E-state index contributed by atoms with van der Waals surface area (Å²) in [6.07, 6.45) is 1.67. The van der Waals surface area contributed by atoms with Crippen LogP contribution in [0, 0.1) is 17.8 Å². The van der Waals surface area contributed by atoms with Gasteiger partial charge in [-0.1, -0.05) is 54.6 Å². The van der Waals surface area contributed by atoms with E-state index < -0.39 is 0 Å². The predicted molar refractivity (Wildman–Crippen MR) is 142 cm³/mol. The number of nitrogens with zero attached hydrogens (tertiary/aromatic N) is 3. The lowest BCUT2D eigenvalue weighted by Gasteiger charge is -2.25. The first-order chi connectivity index (χ1) is 18.1. The number of para-hydroxylation sites is 1. The lowest BCUT2D eigenvalue weighted by atomic mass is 10.0. The van der Waals surface area contributed by atoms with E-state index in [-0.39, 0.29) is 23.8 Å². The van der Waals surface area contributed by atoms with Crippen LogP contribution in [-0.2, 0) is 9.53 Å². The van der Waals surface area contributed by atoms with Crippen molar-refractivity contribution in [2.45, 2.75) is 18.9 Å². The zero-order chi connectivity index (χ0) is 25.2. The van der Waals surface area contributed by atoms with Crippen molar-refractivity contribution < 1.29 is 14.3 Å². The first-order valence-corrected chi connectivity index (χ1v) is 13.4. The molecular weight excluding hydrogens is 464 g/mol. The van der Waals surface area contributed by atoms with Crippen molar-refractivity contribution in [1.82, 2.24) is 20.1 Å². The van der Waals surface area contributed by atoms with Crippen LogP contribution in [0.5, 0.6) is 0 Å². The molecule has 0 radical (unpaired) electrons. The molecule has 37 heavy (non-hydrogen) atoms. The monoisotopic (exact) mass is 498 g/mol. The molecule has 2 aromatic carbocycles. The standard InChI is InChI=1S/C30H34N4O3/c35-29(23-13-15-37-20-23)32-27(21-6-2-1-3-7-21)12-14-33-16-24-18-34(19-25(24)17-33)30(36)28-11-10-22-8-4-5-9-26(22)31-28/h1-11,23-25,27H,12-20H2,(H,32,35)/t23?,24-,25?,27?/m0/s1. The van der Waals surface area contributed by atoms with Gasteiger partial charge in [-0.05, 0) is 42.4 Å². The molecule has 3 aromatic rings. The number of pyridine rings is 1. The predicted octanol–water partition coefficient (Wildman–Crippen LogP) is 3.52. The Hall–Kier alpha value is -3.29. The minimum atomic E-state index is -0.0435. The molecule has 1 aromatic heterocycles. The Morgan fingerprint density at radius 3 is 2.46 bits per heavy atom. The first-order valence-electron chi connectivity index (χ1n) is 13.4. The molecule has 192 valence electrons. The number of amides is 2. The second kappa shape index (κ2) is 10.6. The fourth-order valence-corrected chi connectivity index (χ4v) is 6.14. The van der Waals surface area contributed by atoms with E-state index >= 15 is 0 Å². The van der Waals surface area contributed by atoms with Gasteiger partial charge in [0.2, 0.25) is 5.91 Å². The van der Waals surface area contributed by atoms with Crippen LogP contribution >= 0.6 is 0 Å². The number of hydrogen-bond acceptors (Lipinski definition) is 5. The molecule has 7 heteroatoms. The molecule has 3 saturated heterocycles. The molecule has 2 amide bonds. The summed E-state index contributed by atoms with van der Waals surface area (Å²) in [7, 11) is 0. The highest BCUT2D eigenvalue weighted by molar-refractivity contribution is 5.95. The third-order valence-corrected chi connectivity index (χ3v) is 8.22. The highest BCUT2D eigenvalue weighted by atomic mass is 16.5. The summed E-state index contributed by atoms with van der Waals surface area (Å²) in [6.45, 7) is 5.67. The number of carbonyl (C=O) groups excluding carboxylic acids is 2. The summed E-state index contributed by atoms with van der Waals surface area (Å²) < 4.78 is 5.42. The molecule has 0 saturated carbocycles. The van der Waals surface area contributed by atoms with Crippen LogP contribution in [0.4, 0.5) is 0 Å². The molecule has 0 bridgehead atoms. The summed E-state index contributed by atoms with van der Waals surface area (Å²) in [4.78, 5) is 35.1. The lowest BCUT2D eigenvalue weighted by molar-refractivity contribution is -0.125. The molecule has 7 nitrogen and oxygen atoms in total. The van der Waals surface area contributed by atoms with Crippen LogP contribution in [-0.4, -0.2) is 72.5 Å². The SMILES string of the molecule is O=C(NC(CCN1CC2CN(C(=O)c3ccc4ccccc4n3)C[C@@H]2C1)c1ccccc1)C1CCOC1. The van der Waals surface area contributed by atoms with Gasteiger partial charge in [0.25, 0.3) is 5.91 Å². The number of carbonyl (C=O) groups is 2. The van der Waals surface area contributed by atoms with Crippen LogP contribution in [0.15, 0.2) is 66.7 Å². The van der Waals surface area contributed by atoms with Gasteiger partial charge in [0.15, 0.2) is 0 Å². The Morgan fingerprint density at radius 1 is 0.946 bits per heavy atom. The minimum Gasteiger partial charge on any atom is -0.381 e. The Balaban J connectivity index is 1.04. The number of aromatic nitrogens is 1. The molecular formula is C30H34N4O3. The van der Waals surface area contributed by atoms with E-state index in [4.69, 9.17) is 4.74 Å². The molecule has 4 atom stereocenters. The van der Waals surface area contributed by atoms with Gasteiger partial charge in [-0.3, -0.25) is 9.59 Å². The summed E-state index contributed by atoms with van der Waals surface area (Å²) in [5.74, 6) is 1.07. The Kier molecular flexibility index (Phi) is 6.89. The van der Waals surface area contributed by atoms with E-state index in [0.717, 1.165) is 62.0 Å². The van der Waals surface area contributed by atoms with Gasteiger partial charge in [0.05, 0.1) is 24.1 Å². The van der Waals surface area contributed by atoms with E-state index in [1.54, 1.807) is 0 Å². The van der Waals surface area contributed by atoms with Crippen molar-refractivity contribution in [3.8, 4) is 0 Å². The van der Waals surface area contributed by atoms with Crippen LogP contribution in [0.2, 0.25) is 0 Å². The highest BCUT2D eigenvalue weighted by Crippen LogP contribution is 2.32. The van der Waals surface area contributed by atoms with E-state index in [0.29, 0.717) is 30.7 Å². The van der Waals surface area contributed by atoms with Crippen molar-refractivity contribution in [1.29, 1.82) is 0 Å². The topological polar surface area (TPSA) is 74.8 Å². The van der Waals surface area contributed by atoms with Gasteiger partial charge in [-0.15, -0.1) is 0 Å². The lowest BCUT2D eigenvalue weighted by Crippen LogP contribution is -2.37. The fourth-order valence-electron chi connectivity index (χ4n) is 6.14. The van der Waals surface area contributed by atoms with E-state index in [1.807, 2.05) is 59.5 Å². The molecule has 0 aliphatic carbocycles. The minimum absolute atomic E-state index is 0.00760. The van der Waals surface area contributed by atoms with Gasteiger partial charge < -0.3 is 19.9 Å². The van der Waals surface area contributed by atoms with Crippen LogP contribution in [0.3, 0.4) is 0 Å². The van der Waals surface area contributed by atoms with Crippen LogP contribution < -0.4 is 5.32 Å². The van der Waals surface area contributed by atoms with Gasteiger partial charge in [-0.2, -0.15) is 0 Å². The average molecular weight is 499 g/mol. The number of likely N-dealkylation sites (tertiary alicyclic amines) is 2. The maximum Gasteiger partial charge on any atom is 0.272 e. The number of rotatable bonds is 7. The van der Waals surface area contributed by atoms with Gasteiger partial charge in [0, 0.05) is 44.7 Å². The smallest absolute Gasteiger partial charge is 0.272 e. The number of benzene rings is 2. The number of fused-ring (bicyclic) bond motifs is 2. The Morgan fingerprint density at radius 2 is 1.70 bits per heavy atom. The molecule has 4 heterocycles. The summed E-state index contributed by atoms with van der Waals surface area (Å²) in [5.41, 5.74) is 2.54. The normalized spacial score (nSPS) is 24.3. The van der Waals surface area contributed by atoms with Gasteiger partial charge in [0.1, 0.15) is 5.69 Å². The van der Waals surface area contributed by atoms with Crippen LogP contribution in [0.1, 0.15) is 34.9 Å². The molecule has 3 fully saturated rings. The zero-order valence-electron chi connectivity index (χ0n) is 21.1. The zero-order valence-corrected chi connectivity index (χ0v) is 21.1.